The van der Waals surface area contributed by atoms with Gasteiger partial charge in [0.25, 0.3) is 0 Å². The molecule has 3 rings (SSSR count). The maximum absolute atomic E-state index is 12.9. The average molecular weight is 440 g/mol. The smallest absolute Gasteiger partial charge is 0.545 e. The van der Waals surface area contributed by atoms with Gasteiger partial charge in [-0.05, 0) is 55.1 Å². The van der Waals surface area contributed by atoms with Crippen LogP contribution in [0.4, 0.5) is 13.2 Å². The second-order valence-electron chi connectivity index (χ2n) is 7.82. The number of benzene rings is 2. The van der Waals surface area contributed by atoms with Crippen LogP contribution in [0.1, 0.15) is 59.3 Å². The Morgan fingerprint density at radius 2 is 1.72 bits per heavy atom. The molecule has 1 fully saturated rings. The Hall–Kier alpha value is -2.27. The topological polar surface area (TPSA) is 72.5 Å². The zero-order chi connectivity index (χ0) is 22.6. The second-order valence-corrected chi connectivity index (χ2v) is 7.82. The zero-order valence-corrected chi connectivity index (χ0v) is 18.1. The molecule has 1 N–H and O–H groups in total. The molecular formula is C23H24F3LiN2O3. The van der Waals surface area contributed by atoms with Crippen LogP contribution in [0.3, 0.4) is 0 Å². The summed E-state index contributed by atoms with van der Waals surface area (Å²) in [7, 11) is 0. The van der Waals surface area contributed by atoms with Crippen LogP contribution in [0.2, 0.25) is 0 Å². The maximum Gasteiger partial charge on any atom is 1.00 e. The Balaban J connectivity index is 0.00000363. The SMILES string of the molecule is C[C@H](NC(=O)C1CCCCN1Cc1ccc(C(F)(F)F)cc1)c1ccc(C(=O)[O-])cc1.[Li+]. The third-order valence-electron chi connectivity index (χ3n) is 5.59. The van der Waals surface area contributed by atoms with Gasteiger partial charge in [0.15, 0.2) is 0 Å². The van der Waals surface area contributed by atoms with Crippen molar-refractivity contribution in [2.24, 2.45) is 0 Å². The van der Waals surface area contributed by atoms with Crippen LogP contribution in [-0.2, 0) is 17.5 Å². The van der Waals surface area contributed by atoms with Crippen molar-refractivity contribution in [2.45, 2.75) is 51.0 Å². The summed E-state index contributed by atoms with van der Waals surface area (Å²) in [6.07, 6.45) is -1.88. The summed E-state index contributed by atoms with van der Waals surface area (Å²) in [6.45, 7) is 2.90. The number of hydrogen-bond acceptors (Lipinski definition) is 4. The molecule has 2 aromatic rings. The minimum absolute atomic E-state index is 0. The van der Waals surface area contributed by atoms with E-state index < -0.39 is 17.7 Å². The number of carboxylic acids is 1. The van der Waals surface area contributed by atoms with Crippen LogP contribution in [0.15, 0.2) is 48.5 Å². The van der Waals surface area contributed by atoms with Gasteiger partial charge in [0.2, 0.25) is 5.91 Å². The van der Waals surface area contributed by atoms with Crippen molar-refractivity contribution in [3.63, 3.8) is 0 Å². The van der Waals surface area contributed by atoms with Gasteiger partial charge < -0.3 is 15.2 Å². The number of nitrogens with one attached hydrogen (secondary N) is 1. The van der Waals surface area contributed by atoms with Gasteiger partial charge in [0.1, 0.15) is 0 Å². The number of carboxylic acid groups (broad SMARTS) is 1. The van der Waals surface area contributed by atoms with Gasteiger partial charge in [-0.2, -0.15) is 13.2 Å². The van der Waals surface area contributed by atoms with Crippen molar-refractivity contribution in [1.82, 2.24) is 10.2 Å². The van der Waals surface area contributed by atoms with Crippen LogP contribution in [0, 0.1) is 0 Å². The van der Waals surface area contributed by atoms with E-state index in [1.807, 2.05) is 11.8 Å². The van der Waals surface area contributed by atoms with E-state index in [4.69, 9.17) is 0 Å². The fourth-order valence-corrected chi connectivity index (χ4v) is 3.81. The normalized spacial score (nSPS) is 17.8. The molecule has 1 heterocycles. The standard InChI is InChI=1S/C23H25F3N2O3.Li/c1-15(17-7-9-18(10-8-17)22(30)31)27-21(29)20-4-2-3-13-28(20)14-16-5-11-19(12-6-16)23(24,25)26;/h5-12,15,20H,2-4,13-14H2,1H3,(H,27,29)(H,30,31);/q;+1/p-1/t15-,20?;/m0./s1. The number of piperidine rings is 1. The number of nitrogens with zero attached hydrogens (tertiary/aromatic N) is 1. The molecule has 9 heteroatoms. The predicted molar refractivity (Wildman–Crippen MR) is 107 cm³/mol. The molecule has 2 atom stereocenters. The molecule has 1 amide bonds. The van der Waals surface area contributed by atoms with Gasteiger partial charge in [-0.3, -0.25) is 9.69 Å². The quantitative estimate of drug-likeness (QED) is 0.657. The molecule has 1 aliphatic heterocycles. The van der Waals surface area contributed by atoms with E-state index in [1.54, 1.807) is 12.1 Å². The number of amides is 1. The summed E-state index contributed by atoms with van der Waals surface area (Å²) in [5, 5.41) is 13.8. The largest absolute Gasteiger partial charge is 1.00 e. The molecule has 166 valence electrons. The molecule has 0 aromatic heterocycles. The number of carbonyl (C=O) groups excluding carboxylic acids is 2. The Morgan fingerprint density at radius 3 is 2.28 bits per heavy atom. The molecule has 2 aromatic carbocycles. The Morgan fingerprint density at radius 1 is 1.09 bits per heavy atom. The number of halogens is 3. The Kier molecular flexibility index (Phi) is 8.96. The first kappa shape index (κ1) is 26.0. The van der Waals surface area contributed by atoms with Crippen molar-refractivity contribution in [2.75, 3.05) is 6.54 Å². The predicted octanol–water partition coefficient (Wildman–Crippen LogP) is 0.305. The van der Waals surface area contributed by atoms with Gasteiger partial charge >= 0.3 is 25.0 Å². The molecule has 0 aliphatic carbocycles. The van der Waals surface area contributed by atoms with Gasteiger partial charge in [0, 0.05) is 6.54 Å². The minimum atomic E-state index is -4.37. The maximum atomic E-state index is 12.9. The third kappa shape index (κ3) is 6.61. The second kappa shape index (κ2) is 11.0. The molecule has 5 nitrogen and oxygen atoms in total. The van der Waals surface area contributed by atoms with Crippen LogP contribution in [0.25, 0.3) is 0 Å². The number of carbonyl (C=O) groups is 2. The minimum Gasteiger partial charge on any atom is -0.545 e. The van der Waals surface area contributed by atoms with Crippen molar-refractivity contribution >= 4 is 11.9 Å². The summed E-state index contributed by atoms with van der Waals surface area (Å²) in [5.41, 5.74) is 0.863. The van der Waals surface area contributed by atoms with E-state index in [0.717, 1.165) is 36.1 Å². The fourth-order valence-electron chi connectivity index (χ4n) is 3.81. The van der Waals surface area contributed by atoms with Gasteiger partial charge in [0.05, 0.1) is 23.6 Å². The number of rotatable bonds is 6. The number of hydrogen-bond donors (Lipinski definition) is 1. The van der Waals surface area contributed by atoms with Gasteiger partial charge in [-0.25, -0.2) is 0 Å². The molecule has 1 saturated heterocycles. The third-order valence-corrected chi connectivity index (χ3v) is 5.59. The van der Waals surface area contributed by atoms with Crippen LogP contribution < -0.4 is 29.3 Å². The van der Waals surface area contributed by atoms with Crippen LogP contribution in [-0.4, -0.2) is 29.4 Å². The summed E-state index contributed by atoms with van der Waals surface area (Å²) in [6, 6.07) is 10.5. The number of aromatic carboxylic acids is 1. The van der Waals surface area contributed by atoms with Crippen LogP contribution in [0.5, 0.6) is 0 Å². The number of alkyl halides is 3. The molecule has 0 radical (unpaired) electrons. The van der Waals surface area contributed by atoms with Crippen molar-refractivity contribution in [3.05, 3.63) is 70.8 Å². The summed E-state index contributed by atoms with van der Waals surface area (Å²) < 4.78 is 38.3. The summed E-state index contributed by atoms with van der Waals surface area (Å²) in [5.74, 6) is -1.41. The first-order valence-corrected chi connectivity index (χ1v) is 10.2. The van der Waals surface area contributed by atoms with E-state index >= 15 is 0 Å². The zero-order valence-electron chi connectivity index (χ0n) is 18.1. The summed E-state index contributed by atoms with van der Waals surface area (Å²) >= 11 is 0. The van der Waals surface area contributed by atoms with Crippen molar-refractivity contribution in [1.29, 1.82) is 0 Å². The molecule has 32 heavy (non-hydrogen) atoms. The van der Waals surface area contributed by atoms with E-state index in [2.05, 4.69) is 5.32 Å². The van der Waals surface area contributed by atoms with Crippen molar-refractivity contribution in [3.8, 4) is 0 Å². The van der Waals surface area contributed by atoms with Crippen LogP contribution >= 0.6 is 0 Å². The van der Waals surface area contributed by atoms with Gasteiger partial charge in [-0.15, -0.1) is 0 Å². The van der Waals surface area contributed by atoms with E-state index in [9.17, 15) is 27.9 Å². The first-order valence-electron chi connectivity index (χ1n) is 10.2. The molecule has 0 bridgehead atoms. The van der Waals surface area contributed by atoms with Crippen molar-refractivity contribution < 1.29 is 46.7 Å². The number of likely N-dealkylation sites (tertiary alicyclic amines) is 1. The Labute approximate surface area is 197 Å². The molecule has 1 unspecified atom stereocenters. The van der Waals surface area contributed by atoms with E-state index in [-0.39, 0.29) is 42.4 Å². The van der Waals surface area contributed by atoms with E-state index in [1.165, 1.54) is 24.3 Å². The van der Waals surface area contributed by atoms with E-state index in [0.29, 0.717) is 19.5 Å². The monoisotopic (exact) mass is 440 g/mol. The summed E-state index contributed by atoms with van der Waals surface area (Å²) in [4.78, 5) is 25.8. The first-order chi connectivity index (χ1) is 14.6. The molecule has 1 aliphatic rings. The van der Waals surface area contributed by atoms with Gasteiger partial charge in [-0.1, -0.05) is 42.8 Å². The average Bonchev–Trinajstić information content (AvgIpc) is 2.74. The molecular weight excluding hydrogens is 416 g/mol. The fraction of sp³-hybridized carbons (Fsp3) is 0.391. The molecule has 0 spiro atoms. The Bertz CT molecular complexity index is 918. The molecule has 0 saturated carbocycles.